The van der Waals surface area contributed by atoms with Crippen LogP contribution in [-0.2, 0) is 4.74 Å². The summed E-state index contributed by atoms with van der Waals surface area (Å²) in [5.41, 5.74) is 0.681. The summed E-state index contributed by atoms with van der Waals surface area (Å²) in [6.45, 7) is 0.516. The molecule has 1 atom stereocenters. The molecule has 0 aliphatic carbocycles. The van der Waals surface area contributed by atoms with Crippen LogP contribution in [0.2, 0.25) is 0 Å². The average molecular weight is 491 g/mol. The number of rotatable bonds is 6. The molecule has 0 aliphatic heterocycles. The first-order valence-corrected chi connectivity index (χ1v) is 8.38. The number of hydrogen-bond acceptors (Lipinski definition) is 2. The van der Waals surface area contributed by atoms with Crippen molar-refractivity contribution in [3.63, 3.8) is 0 Å². The van der Waals surface area contributed by atoms with Gasteiger partial charge < -0.3 is 10.1 Å². The third kappa shape index (κ3) is 5.14. The van der Waals surface area contributed by atoms with Crippen molar-refractivity contribution in [3.8, 4) is 0 Å². The average Bonchev–Trinajstić information content (AvgIpc) is 2.33. The maximum atomic E-state index is 12.2. The van der Waals surface area contributed by atoms with E-state index in [-0.39, 0.29) is 11.9 Å². The molecule has 0 radical (unpaired) electrons. The van der Waals surface area contributed by atoms with Crippen molar-refractivity contribution in [1.82, 2.24) is 5.32 Å². The minimum atomic E-state index is -0.0660. The largest absolute Gasteiger partial charge is 0.383 e. The van der Waals surface area contributed by atoms with Crippen molar-refractivity contribution in [2.45, 2.75) is 12.5 Å². The predicted octanol–water partition coefficient (Wildman–Crippen LogP) is 3.58. The summed E-state index contributed by atoms with van der Waals surface area (Å²) >= 11 is 8.91. The smallest absolute Gasteiger partial charge is 0.252 e. The molecule has 0 saturated heterocycles. The highest BCUT2D eigenvalue weighted by Crippen LogP contribution is 2.18. The van der Waals surface area contributed by atoms with Gasteiger partial charge in [-0.1, -0.05) is 31.9 Å². The van der Waals surface area contributed by atoms with Gasteiger partial charge in [0.05, 0.1) is 18.2 Å². The molecule has 0 bridgehead atoms. The third-order valence-electron chi connectivity index (χ3n) is 2.33. The van der Waals surface area contributed by atoms with Crippen molar-refractivity contribution in [2.24, 2.45) is 0 Å². The molecule has 1 aromatic rings. The summed E-state index contributed by atoms with van der Waals surface area (Å²) in [4.78, 5) is 12.2. The van der Waals surface area contributed by atoms with Gasteiger partial charge in [0.2, 0.25) is 0 Å². The quantitative estimate of drug-likeness (QED) is 0.489. The molecule has 1 unspecified atom stereocenters. The van der Waals surface area contributed by atoms with E-state index in [0.29, 0.717) is 12.2 Å². The zero-order valence-corrected chi connectivity index (χ0v) is 15.2. The predicted molar refractivity (Wildman–Crippen MR) is 88.4 cm³/mol. The van der Waals surface area contributed by atoms with E-state index in [1.54, 1.807) is 7.11 Å². The number of nitrogens with one attached hydrogen (secondary N) is 1. The van der Waals surface area contributed by atoms with Gasteiger partial charge >= 0.3 is 0 Å². The van der Waals surface area contributed by atoms with Gasteiger partial charge in [-0.2, -0.15) is 0 Å². The van der Waals surface area contributed by atoms with Crippen LogP contribution in [0.1, 0.15) is 16.8 Å². The van der Waals surface area contributed by atoms with Crippen molar-refractivity contribution >= 4 is 60.4 Å². The van der Waals surface area contributed by atoms with E-state index in [1.165, 1.54) is 0 Å². The molecule has 3 nitrogen and oxygen atoms in total. The Labute approximate surface area is 137 Å². The molecule has 0 saturated carbocycles. The van der Waals surface area contributed by atoms with Gasteiger partial charge in [0.1, 0.15) is 0 Å². The molecule has 18 heavy (non-hydrogen) atoms. The van der Waals surface area contributed by atoms with Crippen molar-refractivity contribution < 1.29 is 9.53 Å². The first-order chi connectivity index (χ1) is 8.58. The van der Waals surface area contributed by atoms with Crippen LogP contribution in [0, 0.1) is 3.57 Å². The molecule has 1 aromatic carbocycles. The maximum absolute atomic E-state index is 12.2. The second-order valence-electron chi connectivity index (χ2n) is 3.73. The Hall–Kier alpha value is 0.340. The molecule has 0 fully saturated rings. The fraction of sp³-hybridized carbons (Fsp3) is 0.417. The third-order valence-corrected chi connectivity index (χ3v) is 4.23. The Morgan fingerprint density at radius 3 is 2.89 bits per heavy atom. The lowest BCUT2D eigenvalue weighted by Crippen LogP contribution is -2.38. The lowest BCUT2D eigenvalue weighted by atomic mass is 10.2. The first kappa shape index (κ1) is 16.4. The monoisotopic (exact) mass is 489 g/mol. The van der Waals surface area contributed by atoms with E-state index >= 15 is 0 Å². The topological polar surface area (TPSA) is 38.3 Å². The molecule has 100 valence electrons. The van der Waals surface area contributed by atoms with E-state index in [2.05, 4.69) is 59.8 Å². The zero-order chi connectivity index (χ0) is 13.5. The molecule has 1 amide bonds. The van der Waals surface area contributed by atoms with Gasteiger partial charge in [0, 0.05) is 20.5 Å². The molecule has 0 aromatic heterocycles. The fourth-order valence-electron chi connectivity index (χ4n) is 1.46. The minimum Gasteiger partial charge on any atom is -0.383 e. The highest BCUT2D eigenvalue weighted by atomic mass is 127. The van der Waals surface area contributed by atoms with Crippen molar-refractivity contribution in [1.29, 1.82) is 0 Å². The van der Waals surface area contributed by atoms with Crippen LogP contribution in [0.25, 0.3) is 0 Å². The van der Waals surface area contributed by atoms with Crippen LogP contribution in [0.15, 0.2) is 22.7 Å². The maximum Gasteiger partial charge on any atom is 0.252 e. The summed E-state index contributed by atoms with van der Waals surface area (Å²) < 4.78 is 6.93. The van der Waals surface area contributed by atoms with Crippen molar-refractivity contribution in [3.05, 3.63) is 31.8 Å². The number of carbonyl (C=O) groups excluding carboxylic acids is 1. The Morgan fingerprint density at radius 1 is 1.56 bits per heavy atom. The molecule has 1 N–H and O–H groups in total. The van der Waals surface area contributed by atoms with Gasteiger partial charge in [0.25, 0.3) is 5.91 Å². The van der Waals surface area contributed by atoms with Crippen LogP contribution < -0.4 is 5.32 Å². The van der Waals surface area contributed by atoms with Crippen molar-refractivity contribution in [2.75, 3.05) is 19.0 Å². The van der Waals surface area contributed by atoms with Gasteiger partial charge in [-0.3, -0.25) is 4.79 Å². The summed E-state index contributed by atoms with van der Waals surface area (Å²) in [7, 11) is 1.64. The number of ether oxygens (including phenoxy) is 1. The summed E-state index contributed by atoms with van der Waals surface area (Å²) in [6.07, 6.45) is 0.837. The molecule has 1 rings (SSSR count). The molecular formula is C12H14Br2INO2. The Morgan fingerprint density at radius 2 is 2.28 bits per heavy atom. The van der Waals surface area contributed by atoms with Gasteiger partial charge in [-0.25, -0.2) is 0 Å². The summed E-state index contributed by atoms with van der Waals surface area (Å²) in [6, 6.07) is 5.69. The first-order valence-electron chi connectivity index (χ1n) is 5.39. The second kappa shape index (κ2) is 8.50. The number of hydrogen-bond donors (Lipinski definition) is 1. The molecule has 0 heterocycles. The minimum absolute atomic E-state index is 0.0247. The lowest BCUT2D eigenvalue weighted by Gasteiger charge is -2.17. The molecular weight excluding hydrogens is 477 g/mol. The molecule has 0 aliphatic rings. The lowest BCUT2D eigenvalue weighted by molar-refractivity contribution is 0.0894. The van der Waals surface area contributed by atoms with Crippen LogP contribution in [0.4, 0.5) is 0 Å². The van der Waals surface area contributed by atoms with E-state index in [0.717, 1.165) is 19.8 Å². The highest BCUT2D eigenvalue weighted by molar-refractivity contribution is 14.1. The number of amides is 1. The number of carbonyl (C=O) groups is 1. The number of alkyl halides is 1. The van der Waals surface area contributed by atoms with Crippen LogP contribution in [0.3, 0.4) is 0 Å². The van der Waals surface area contributed by atoms with E-state index in [1.807, 2.05) is 18.2 Å². The summed E-state index contributed by atoms with van der Waals surface area (Å²) in [5, 5.41) is 3.81. The Balaban J connectivity index is 2.76. The van der Waals surface area contributed by atoms with Gasteiger partial charge in [-0.05, 0) is 47.2 Å². The highest BCUT2D eigenvalue weighted by Gasteiger charge is 2.15. The summed E-state index contributed by atoms with van der Waals surface area (Å²) in [5.74, 6) is -0.0660. The van der Waals surface area contributed by atoms with E-state index in [4.69, 9.17) is 4.74 Å². The normalized spacial score (nSPS) is 12.2. The van der Waals surface area contributed by atoms with Gasteiger partial charge in [0.15, 0.2) is 0 Å². The zero-order valence-electron chi connectivity index (χ0n) is 9.88. The van der Waals surface area contributed by atoms with Gasteiger partial charge in [-0.15, -0.1) is 0 Å². The standard InChI is InChI=1S/C12H14Br2INO2/c1-18-7-9(4-5-13)16-12(17)10-6-8(14)2-3-11(10)15/h2-3,6,9H,4-5,7H2,1H3,(H,16,17). The fourth-order valence-corrected chi connectivity index (χ4v) is 2.96. The molecule has 6 heteroatoms. The Kier molecular flexibility index (Phi) is 7.74. The van der Waals surface area contributed by atoms with Crippen LogP contribution in [0.5, 0.6) is 0 Å². The Bertz CT molecular complexity index is 409. The number of halogens is 3. The van der Waals surface area contributed by atoms with Crippen LogP contribution >= 0.6 is 54.5 Å². The van der Waals surface area contributed by atoms with E-state index < -0.39 is 0 Å². The number of methoxy groups -OCH3 is 1. The SMILES string of the molecule is COCC(CCBr)NC(=O)c1cc(Br)ccc1I. The second-order valence-corrected chi connectivity index (χ2v) is 6.60. The van der Waals surface area contributed by atoms with E-state index in [9.17, 15) is 4.79 Å². The van der Waals surface area contributed by atoms with Crippen LogP contribution in [-0.4, -0.2) is 31.0 Å². The molecule has 0 spiro atoms. The number of benzene rings is 1.